The van der Waals surface area contributed by atoms with Crippen molar-refractivity contribution in [1.29, 1.82) is 5.26 Å². The lowest BCUT2D eigenvalue weighted by Gasteiger charge is -2.09. The van der Waals surface area contributed by atoms with Gasteiger partial charge in [0.15, 0.2) is 0 Å². The summed E-state index contributed by atoms with van der Waals surface area (Å²) in [4.78, 5) is 10.8. The van der Waals surface area contributed by atoms with Crippen molar-refractivity contribution in [3.8, 4) is 11.8 Å². The number of aryl methyl sites for hydroxylation is 2. The van der Waals surface area contributed by atoms with Gasteiger partial charge in [0, 0.05) is 6.42 Å². The molecule has 2 N–H and O–H groups in total. The molecule has 0 amide bonds. The van der Waals surface area contributed by atoms with Gasteiger partial charge in [0.05, 0.1) is 17.7 Å². The lowest BCUT2D eigenvalue weighted by atomic mass is 9.96. The van der Waals surface area contributed by atoms with E-state index in [-0.39, 0.29) is 23.6 Å². The molecule has 0 spiro atoms. The fourth-order valence-electron chi connectivity index (χ4n) is 3.76. The molecule has 3 aromatic carbocycles. The third-order valence-electron chi connectivity index (χ3n) is 6.26. The fourth-order valence-corrected chi connectivity index (χ4v) is 3.76. The van der Waals surface area contributed by atoms with Crippen LogP contribution in [0.5, 0.6) is 5.75 Å². The molecule has 0 heterocycles. The largest absolute Gasteiger partial charge is 0.508 e. The third kappa shape index (κ3) is 12.6. The van der Waals surface area contributed by atoms with E-state index in [0.717, 1.165) is 28.7 Å². The van der Waals surface area contributed by atoms with Gasteiger partial charge in [-0.1, -0.05) is 104 Å². The van der Waals surface area contributed by atoms with Gasteiger partial charge in [-0.2, -0.15) is 5.26 Å². The summed E-state index contributed by atoms with van der Waals surface area (Å²) in [5, 5.41) is 27.3. The Balaban J connectivity index is 0.000000305. The van der Waals surface area contributed by atoms with Crippen molar-refractivity contribution in [1.82, 2.24) is 0 Å². The highest BCUT2D eigenvalue weighted by Crippen LogP contribution is 2.21. The van der Waals surface area contributed by atoms with E-state index in [9.17, 15) is 9.90 Å². The Morgan fingerprint density at radius 3 is 1.88 bits per heavy atom. The molecule has 2 atom stereocenters. The average molecular weight is 538 g/mol. The number of aliphatic hydroxyl groups is 1. The lowest BCUT2D eigenvalue weighted by molar-refractivity contribution is -0.117. The molecule has 4 heteroatoms. The second-order valence-electron chi connectivity index (χ2n) is 9.76. The van der Waals surface area contributed by atoms with Crippen molar-refractivity contribution in [2.45, 2.75) is 66.4 Å². The van der Waals surface area contributed by atoms with Crippen LogP contribution >= 0.6 is 0 Å². The van der Waals surface area contributed by atoms with Gasteiger partial charge in [-0.25, -0.2) is 0 Å². The Morgan fingerprint density at radius 1 is 0.950 bits per heavy atom. The van der Waals surface area contributed by atoms with Crippen LogP contribution in [0.2, 0.25) is 0 Å². The van der Waals surface area contributed by atoms with Gasteiger partial charge in [-0.05, 0) is 80.5 Å². The SMILES string of the molecule is C=C/C(C#N)=C\C(=C/C)c1ccc(C)cc1.CC(=O)CC(C)c1ccc(O)cc1.CCC(O)c1ccc(C)cc1. The molecule has 0 bridgehead atoms. The number of carbonyl (C=O) groups is 1. The molecule has 0 radical (unpaired) electrons. The molecule has 210 valence electrons. The van der Waals surface area contributed by atoms with E-state index in [1.807, 2.05) is 76.2 Å². The summed E-state index contributed by atoms with van der Waals surface area (Å²) >= 11 is 0. The Kier molecular flexibility index (Phi) is 15.4. The Hall–Kier alpha value is -4.20. The van der Waals surface area contributed by atoms with Crippen molar-refractivity contribution in [3.63, 3.8) is 0 Å². The first kappa shape index (κ1) is 33.8. The molecule has 0 aliphatic carbocycles. The van der Waals surface area contributed by atoms with E-state index < -0.39 is 0 Å². The molecule has 0 saturated carbocycles. The first-order valence-corrected chi connectivity index (χ1v) is 13.5. The van der Waals surface area contributed by atoms with Crippen LogP contribution in [-0.4, -0.2) is 16.0 Å². The van der Waals surface area contributed by atoms with Crippen LogP contribution in [0.1, 0.15) is 80.4 Å². The number of nitrogens with zero attached hydrogens (tertiary/aromatic N) is 1. The van der Waals surface area contributed by atoms with Crippen molar-refractivity contribution >= 4 is 11.4 Å². The zero-order chi connectivity index (χ0) is 30.1. The summed E-state index contributed by atoms with van der Waals surface area (Å²) in [5.41, 5.74) is 7.29. The normalized spacial score (nSPS) is 12.4. The summed E-state index contributed by atoms with van der Waals surface area (Å²) in [6, 6.07) is 25.3. The Labute approximate surface area is 240 Å². The van der Waals surface area contributed by atoms with Crippen molar-refractivity contribution in [2.75, 3.05) is 0 Å². The number of nitriles is 1. The number of aromatic hydroxyl groups is 1. The van der Waals surface area contributed by atoms with Gasteiger partial charge in [0.25, 0.3) is 0 Å². The van der Waals surface area contributed by atoms with Crippen LogP contribution in [0.15, 0.2) is 103 Å². The monoisotopic (exact) mass is 537 g/mol. The number of Topliss-reactive ketones (excluding diaryl/α,β-unsaturated/α-hetero) is 1. The smallest absolute Gasteiger partial charge is 0.130 e. The molecular weight excluding hydrogens is 494 g/mol. The molecule has 0 aliphatic heterocycles. The number of phenolic OH excluding ortho intramolecular Hbond substituents is 1. The number of aliphatic hydroxyl groups excluding tert-OH is 1. The summed E-state index contributed by atoms with van der Waals surface area (Å²) in [5.74, 6) is 0.692. The van der Waals surface area contributed by atoms with Crippen LogP contribution in [0.25, 0.3) is 5.57 Å². The first-order valence-electron chi connectivity index (χ1n) is 13.5. The van der Waals surface area contributed by atoms with E-state index >= 15 is 0 Å². The molecule has 0 aromatic heterocycles. The van der Waals surface area contributed by atoms with E-state index in [1.165, 1.54) is 11.1 Å². The standard InChI is InChI=1S/C15H15N.C11H14O2.C10H14O/c1-4-13(11-16)10-14(5-2)15-8-6-12(3)7-9-15;1-8(7-9(2)12)10-3-5-11(13)6-4-10;1-3-10(11)9-6-4-8(2)5-7-9/h4-10H,1H2,2-3H3;3-6,8,13H,7H2,1-2H3;4-7,10-11H,3H2,1-2H3/b13-10+,14-5+;;. The van der Waals surface area contributed by atoms with Gasteiger partial charge in [0.1, 0.15) is 11.5 Å². The number of phenols is 1. The molecule has 2 unspecified atom stereocenters. The molecular formula is C36H43NO3. The third-order valence-corrected chi connectivity index (χ3v) is 6.26. The van der Waals surface area contributed by atoms with Gasteiger partial charge >= 0.3 is 0 Å². The maximum Gasteiger partial charge on any atom is 0.130 e. The van der Waals surface area contributed by atoms with Crippen molar-refractivity contribution < 1.29 is 15.0 Å². The predicted octanol–water partition coefficient (Wildman–Crippen LogP) is 8.95. The molecule has 3 aromatic rings. The molecule has 0 saturated heterocycles. The van der Waals surface area contributed by atoms with Crippen LogP contribution in [0.3, 0.4) is 0 Å². The first-order chi connectivity index (χ1) is 19.0. The lowest BCUT2D eigenvalue weighted by Crippen LogP contribution is -1.99. The van der Waals surface area contributed by atoms with E-state index in [2.05, 4.69) is 43.8 Å². The molecule has 0 fully saturated rings. The van der Waals surface area contributed by atoms with Gasteiger partial charge in [0.2, 0.25) is 0 Å². The van der Waals surface area contributed by atoms with Gasteiger partial charge in [-0.15, -0.1) is 0 Å². The number of allylic oxidation sites excluding steroid dienone is 5. The average Bonchev–Trinajstić information content (AvgIpc) is 2.95. The number of hydrogen-bond donors (Lipinski definition) is 2. The zero-order valence-electron chi connectivity index (χ0n) is 24.7. The van der Waals surface area contributed by atoms with Crippen LogP contribution < -0.4 is 0 Å². The van der Waals surface area contributed by atoms with Crippen LogP contribution in [0.4, 0.5) is 0 Å². The maximum atomic E-state index is 10.8. The Bertz CT molecular complexity index is 1290. The zero-order valence-corrected chi connectivity index (χ0v) is 24.7. The molecule has 4 nitrogen and oxygen atoms in total. The highest BCUT2D eigenvalue weighted by Gasteiger charge is 2.07. The minimum atomic E-state index is -0.296. The summed E-state index contributed by atoms with van der Waals surface area (Å²) in [6.45, 7) is 15.2. The van der Waals surface area contributed by atoms with Gasteiger partial charge in [-0.3, -0.25) is 0 Å². The van der Waals surface area contributed by atoms with Gasteiger partial charge < -0.3 is 15.0 Å². The second kappa shape index (κ2) is 18.2. The van der Waals surface area contributed by atoms with Crippen LogP contribution in [0, 0.1) is 25.2 Å². The van der Waals surface area contributed by atoms with E-state index in [0.29, 0.717) is 12.0 Å². The topological polar surface area (TPSA) is 81.3 Å². The molecule has 0 aliphatic rings. The number of ketones is 1. The molecule has 40 heavy (non-hydrogen) atoms. The minimum Gasteiger partial charge on any atom is -0.508 e. The Morgan fingerprint density at radius 2 is 1.45 bits per heavy atom. The van der Waals surface area contributed by atoms with E-state index in [1.54, 1.807) is 25.1 Å². The minimum absolute atomic E-state index is 0.195. The number of hydrogen-bond acceptors (Lipinski definition) is 4. The highest BCUT2D eigenvalue weighted by molar-refractivity contribution is 5.76. The summed E-state index contributed by atoms with van der Waals surface area (Å²) in [7, 11) is 0. The van der Waals surface area contributed by atoms with E-state index in [4.69, 9.17) is 10.4 Å². The quantitative estimate of drug-likeness (QED) is 0.222. The summed E-state index contributed by atoms with van der Waals surface area (Å²) < 4.78 is 0. The summed E-state index contributed by atoms with van der Waals surface area (Å²) in [6.07, 6.45) is 6.45. The highest BCUT2D eigenvalue weighted by atomic mass is 16.3. The maximum absolute atomic E-state index is 10.8. The number of rotatable bonds is 8. The number of carbonyl (C=O) groups excluding carboxylic acids is 1. The second-order valence-corrected chi connectivity index (χ2v) is 9.76. The number of benzene rings is 3. The van der Waals surface area contributed by atoms with Crippen molar-refractivity contribution in [3.05, 3.63) is 131 Å². The van der Waals surface area contributed by atoms with Crippen molar-refractivity contribution in [2.24, 2.45) is 0 Å². The van der Waals surface area contributed by atoms with Crippen LogP contribution in [-0.2, 0) is 4.79 Å². The molecule has 3 rings (SSSR count). The predicted molar refractivity (Wildman–Crippen MR) is 167 cm³/mol. The fraction of sp³-hybridized carbons (Fsp3) is 0.278.